The first kappa shape index (κ1) is 19.6. The van der Waals surface area contributed by atoms with Gasteiger partial charge in [-0.2, -0.15) is 0 Å². The molecule has 7 heteroatoms. The molecule has 1 fully saturated rings. The van der Waals surface area contributed by atoms with E-state index in [0.717, 1.165) is 22.4 Å². The zero-order valence-electron chi connectivity index (χ0n) is 15.7. The van der Waals surface area contributed by atoms with Crippen molar-refractivity contribution in [2.75, 3.05) is 11.9 Å². The van der Waals surface area contributed by atoms with Crippen molar-refractivity contribution in [1.29, 1.82) is 0 Å². The van der Waals surface area contributed by atoms with Gasteiger partial charge in [0.1, 0.15) is 0 Å². The molecule has 1 N–H and O–H groups in total. The number of nitrogens with zero attached hydrogens (tertiary/aromatic N) is 2. The minimum atomic E-state index is -0.352. The van der Waals surface area contributed by atoms with Crippen molar-refractivity contribution in [2.45, 2.75) is 19.4 Å². The van der Waals surface area contributed by atoms with Crippen LogP contribution in [0.5, 0.6) is 0 Å². The van der Waals surface area contributed by atoms with E-state index in [-0.39, 0.29) is 24.2 Å². The Bertz CT molecular complexity index is 1000. The molecule has 148 valence electrons. The smallest absolute Gasteiger partial charge is 0.231 e. The van der Waals surface area contributed by atoms with Gasteiger partial charge in [0.15, 0.2) is 5.13 Å². The molecule has 2 heterocycles. The second kappa shape index (κ2) is 8.76. The van der Waals surface area contributed by atoms with E-state index in [1.807, 2.05) is 54.6 Å². The van der Waals surface area contributed by atoms with Crippen LogP contribution in [0.4, 0.5) is 5.13 Å². The molecule has 3 aromatic rings. The Hall–Kier alpha value is -2.70. The minimum absolute atomic E-state index is 0.0107. The second-order valence-corrected chi connectivity index (χ2v) is 8.64. The van der Waals surface area contributed by atoms with E-state index in [1.54, 1.807) is 11.1 Å². The first-order chi connectivity index (χ1) is 14.1. The van der Waals surface area contributed by atoms with Crippen LogP contribution in [0.15, 0.2) is 60.8 Å². The quantitative estimate of drug-likeness (QED) is 0.637. The van der Waals surface area contributed by atoms with Crippen LogP contribution in [0.25, 0.3) is 0 Å². The third-order valence-electron chi connectivity index (χ3n) is 4.88. The monoisotopic (exact) mass is 425 g/mol. The highest BCUT2D eigenvalue weighted by Gasteiger charge is 2.34. The fraction of sp³-hybridized carbons (Fsp3) is 0.227. The summed E-state index contributed by atoms with van der Waals surface area (Å²) in [5, 5.41) is 4.14. The van der Waals surface area contributed by atoms with Crippen molar-refractivity contribution in [1.82, 2.24) is 9.88 Å². The molecular formula is C22H20ClN3O2S. The van der Waals surface area contributed by atoms with Gasteiger partial charge in [-0.05, 0) is 23.3 Å². The lowest BCUT2D eigenvalue weighted by Gasteiger charge is -2.16. The van der Waals surface area contributed by atoms with Gasteiger partial charge in [-0.15, -0.1) is 11.3 Å². The first-order valence-electron chi connectivity index (χ1n) is 9.38. The molecule has 1 aliphatic rings. The maximum atomic E-state index is 12.6. The van der Waals surface area contributed by atoms with Crippen molar-refractivity contribution < 1.29 is 9.59 Å². The third-order valence-corrected chi connectivity index (χ3v) is 6.04. The number of nitrogens with one attached hydrogen (secondary N) is 1. The van der Waals surface area contributed by atoms with Gasteiger partial charge in [-0.1, -0.05) is 54.1 Å². The Morgan fingerprint density at radius 2 is 1.90 bits per heavy atom. The highest BCUT2D eigenvalue weighted by Crippen LogP contribution is 2.25. The van der Waals surface area contributed by atoms with E-state index in [1.165, 1.54) is 11.3 Å². The normalized spacial score (nSPS) is 16.2. The minimum Gasteiger partial charge on any atom is -0.338 e. The number of carbonyl (C=O) groups excluding carboxylic acids is 2. The number of hydrogen-bond donors (Lipinski definition) is 1. The Morgan fingerprint density at radius 1 is 1.14 bits per heavy atom. The highest BCUT2D eigenvalue weighted by molar-refractivity contribution is 7.15. The topological polar surface area (TPSA) is 62.3 Å². The molecule has 0 radical (unpaired) electrons. The fourth-order valence-electron chi connectivity index (χ4n) is 3.36. The molecule has 4 rings (SSSR count). The van der Waals surface area contributed by atoms with Gasteiger partial charge >= 0.3 is 0 Å². The summed E-state index contributed by atoms with van der Waals surface area (Å²) in [6.07, 6.45) is 2.75. The first-order valence-corrected chi connectivity index (χ1v) is 10.6. The van der Waals surface area contributed by atoms with E-state index < -0.39 is 0 Å². The van der Waals surface area contributed by atoms with E-state index >= 15 is 0 Å². The number of amides is 2. The number of anilines is 1. The average molecular weight is 426 g/mol. The molecule has 0 bridgehead atoms. The number of hydrogen-bond acceptors (Lipinski definition) is 4. The summed E-state index contributed by atoms with van der Waals surface area (Å²) in [6, 6.07) is 17.5. The van der Waals surface area contributed by atoms with Crippen molar-refractivity contribution in [3.8, 4) is 0 Å². The van der Waals surface area contributed by atoms with E-state index in [9.17, 15) is 9.59 Å². The Kier molecular flexibility index (Phi) is 5.92. The molecule has 0 spiro atoms. The molecule has 1 atom stereocenters. The van der Waals surface area contributed by atoms with Crippen LogP contribution in [0.2, 0.25) is 5.02 Å². The van der Waals surface area contributed by atoms with Gasteiger partial charge in [-0.3, -0.25) is 9.59 Å². The summed E-state index contributed by atoms with van der Waals surface area (Å²) in [4.78, 5) is 32.0. The average Bonchev–Trinajstić information content (AvgIpc) is 3.31. The summed E-state index contributed by atoms with van der Waals surface area (Å²) < 4.78 is 0. The van der Waals surface area contributed by atoms with Crippen LogP contribution >= 0.6 is 22.9 Å². The summed E-state index contributed by atoms with van der Waals surface area (Å²) >= 11 is 7.37. The molecule has 2 amide bonds. The Labute approximate surface area is 178 Å². The Balaban J connectivity index is 1.33. The lowest BCUT2D eigenvalue weighted by Crippen LogP contribution is -2.28. The van der Waals surface area contributed by atoms with Crippen LogP contribution in [-0.2, 0) is 22.6 Å². The summed E-state index contributed by atoms with van der Waals surface area (Å²) in [5.74, 6) is -0.493. The summed E-state index contributed by atoms with van der Waals surface area (Å²) in [6.45, 7) is 0.967. The van der Waals surface area contributed by atoms with Crippen LogP contribution in [0, 0.1) is 5.92 Å². The van der Waals surface area contributed by atoms with Gasteiger partial charge in [0.05, 0.1) is 5.92 Å². The lowest BCUT2D eigenvalue weighted by atomic mass is 10.1. The number of carbonyl (C=O) groups is 2. The standard InChI is InChI=1S/C22H20ClN3O2S/c23-18-8-6-15(7-9-18)10-19-12-24-22(29-19)25-21(28)17-11-20(27)26(14-17)13-16-4-2-1-3-5-16/h1-9,12,17H,10-11,13-14H2,(H,24,25,28). The SMILES string of the molecule is O=C(Nc1ncc(Cc2ccc(Cl)cc2)s1)C1CC(=O)N(Cc2ccccc2)C1. The predicted molar refractivity (Wildman–Crippen MR) is 115 cm³/mol. The molecule has 5 nitrogen and oxygen atoms in total. The Morgan fingerprint density at radius 3 is 2.66 bits per heavy atom. The highest BCUT2D eigenvalue weighted by atomic mass is 35.5. The molecule has 0 aliphatic carbocycles. The molecule has 1 unspecified atom stereocenters. The van der Waals surface area contributed by atoms with Gasteiger partial charge in [0.25, 0.3) is 0 Å². The number of aromatic nitrogens is 1. The van der Waals surface area contributed by atoms with Gasteiger partial charge in [0, 0.05) is 42.0 Å². The van der Waals surface area contributed by atoms with Crippen molar-refractivity contribution in [3.05, 3.63) is 81.8 Å². The number of halogens is 1. The summed E-state index contributed by atoms with van der Waals surface area (Å²) in [5.41, 5.74) is 2.20. The van der Waals surface area contributed by atoms with Gasteiger partial charge in [-0.25, -0.2) is 4.98 Å². The predicted octanol–water partition coefficient (Wildman–Crippen LogP) is 4.37. The number of thiazole rings is 1. The molecule has 1 aromatic heterocycles. The number of rotatable bonds is 6. The molecule has 2 aromatic carbocycles. The largest absolute Gasteiger partial charge is 0.338 e. The van der Waals surface area contributed by atoms with Crippen LogP contribution in [0.3, 0.4) is 0 Å². The lowest BCUT2D eigenvalue weighted by molar-refractivity contribution is -0.128. The van der Waals surface area contributed by atoms with Crippen LogP contribution < -0.4 is 5.32 Å². The molecule has 1 saturated heterocycles. The molecule has 29 heavy (non-hydrogen) atoms. The van der Waals surface area contributed by atoms with Gasteiger partial charge < -0.3 is 10.2 Å². The zero-order valence-corrected chi connectivity index (χ0v) is 17.2. The van der Waals surface area contributed by atoms with E-state index in [0.29, 0.717) is 23.2 Å². The van der Waals surface area contributed by atoms with E-state index in [2.05, 4.69) is 10.3 Å². The second-order valence-electron chi connectivity index (χ2n) is 7.09. The van der Waals surface area contributed by atoms with Crippen molar-refractivity contribution in [3.63, 3.8) is 0 Å². The maximum absolute atomic E-state index is 12.6. The maximum Gasteiger partial charge on any atom is 0.231 e. The fourth-order valence-corrected chi connectivity index (χ4v) is 4.34. The number of likely N-dealkylation sites (tertiary alicyclic amines) is 1. The van der Waals surface area contributed by atoms with Gasteiger partial charge in [0.2, 0.25) is 11.8 Å². The van der Waals surface area contributed by atoms with Crippen molar-refractivity contribution in [2.24, 2.45) is 5.92 Å². The zero-order chi connectivity index (χ0) is 20.2. The van der Waals surface area contributed by atoms with Crippen LogP contribution in [-0.4, -0.2) is 28.2 Å². The van der Waals surface area contributed by atoms with Crippen molar-refractivity contribution >= 4 is 39.9 Å². The molecule has 0 saturated carbocycles. The molecule has 1 aliphatic heterocycles. The summed E-state index contributed by atoms with van der Waals surface area (Å²) in [7, 11) is 0. The molecular weight excluding hydrogens is 406 g/mol. The van der Waals surface area contributed by atoms with Crippen LogP contribution in [0.1, 0.15) is 22.4 Å². The third kappa shape index (κ3) is 5.02. The number of benzene rings is 2. The van der Waals surface area contributed by atoms with E-state index in [4.69, 9.17) is 11.6 Å².